The minimum absolute atomic E-state index is 1.35. The van der Waals surface area contributed by atoms with Gasteiger partial charge in [-0.05, 0) is 0 Å². The van der Waals surface area contributed by atoms with Crippen molar-refractivity contribution in [3.8, 4) is 0 Å². The van der Waals surface area contributed by atoms with Crippen molar-refractivity contribution in [1.29, 1.82) is 0 Å². The summed E-state index contributed by atoms with van der Waals surface area (Å²) >= 11 is 0. The SMILES string of the molecule is C1=C([PH](C2=CCCCCCCCCCC2)(C2=CCCCCCCCCCC2)C2=CCCCCCCCCCC2)CCCCCCCCCC1. The average molecular weight is 693 g/mol. The van der Waals surface area contributed by atoms with Crippen LogP contribution in [-0.4, -0.2) is 0 Å². The van der Waals surface area contributed by atoms with Crippen molar-refractivity contribution in [2.24, 2.45) is 0 Å². The van der Waals surface area contributed by atoms with Crippen molar-refractivity contribution in [2.45, 2.75) is 257 Å². The summed E-state index contributed by atoms with van der Waals surface area (Å²) in [6, 6.07) is 0. The van der Waals surface area contributed by atoms with E-state index in [4.69, 9.17) is 0 Å². The Morgan fingerprint density at radius 2 is 0.367 bits per heavy atom. The maximum atomic E-state index is 2.97. The summed E-state index contributed by atoms with van der Waals surface area (Å²) < 4.78 is 0. The van der Waals surface area contributed by atoms with Crippen LogP contribution >= 0.6 is 7.26 Å². The van der Waals surface area contributed by atoms with E-state index >= 15 is 0 Å². The van der Waals surface area contributed by atoms with Gasteiger partial charge in [0.2, 0.25) is 0 Å². The van der Waals surface area contributed by atoms with Gasteiger partial charge in [0.25, 0.3) is 0 Å². The fraction of sp³-hybridized carbons (Fsp3) is 0.833. The van der Waals surface area contributed by atoms with E-state index in [0.29, 0.717) is 0 Å². The van der Waals surface area contributed by atoms with Crippen LogP contribution in [0.4, 0.5) is 0 Å². The summed E-state index contributed by atoms with van der Waals surface area (Å²) in [7, 11) is -2.24. The second kappa shape index (κ2) is 27.1. The number of allylic oxidation sites excluding steroid dienone is 8. The number of hydrogen-bond acceptors (Lipinski definition) is 0. The van der Waals surface area contributed by atoms with Crippen LogP contribution in [0.15, 0.2) is 45.6 Å². The molecule has 0 aliphatic heterocycles. The molecule has 0 bridgehead atoms. The zero-order valence-corrected chi connectivity index (χ0v) is 34.1. The summed E-state index contributed by atoms with van der Waals surface area (Å²) in [5, 5.41) is 8.12. The molecule has 0 aromatic heterocycles. The maximum absolute atomic E-state index is 2.97. The first-order valence-electron chi connectivity index (χ1n) is 23.2. The molecule has 0 saturated heterocycles. The molecule has 0 spiro atoms. The third-order valence-corrected chi connectivity index (χ3v) is 18.8. The van der Waals surface area contributed by atoms with Crippen molar-refractivity contribution in [1.82, 2.24) is 0 Å². The fourth-order valence-corrected chi connectivity index (χ4v) is 16.7. The number of hydrogen-bond donors (Lipinski definition) is 0. The van der Waals surface area contributed by atoms with Crippen LogP contribution in [0.5, 0.6) is 0 Å². The van der Waals surface area contributed by atoms with Gasteiger partial charge in [-0.25, -0.2) is 0 Å². The Hall–Kier alpha value is -0.610. The Balaban J connectivity index is 1.91. The monoisotopic (exact) mass is 693 g/mol. The Morgan fingerprint density at radius 1 is 0.204 bits per heavy atom. The van der Waals surface area contributed by atoms with Crippen LogP contribution in [-0.2, 0) is 0 Å². The second-order valence-corrected chi connectivity index (χ2v) is 21.2. The van der Waals surface area contributed by atoms with Crippen molar-refractivity contribution in [3.63, 3.8) is 0 Å². The molecule has 282 valence electrons. The van der Waals surface area contributed by atoms with Gasteiger partial charge in [-0.1, -0.05) is 0 Å². The van der Waals surface area contributed by atoms with E-state index in [-0.39, 0.29) is 0 Å². The van der Waals surface area contributed by atoms with Gasteiger partial charge in [0.1, 0.15) is 0 Å². The molecule has 0 heterocycles. The van der Waals surface area contributed by atoms with Gasteiger partial charge in [0.15, 0.2) is 0 Å². The molecule has 0 nitrogen and oxygen atoms in total. The topological polar surface area (TPSA) is 0 Å². The van der Waals surface area contributed by atoms with Gasteiger partial charge in [-0.3, -0.25) is 0 Å². The standard InChI is InChI=1S/C48H85P/c1-5-13-21-29-37-45(38-30-22-14-6-1)49(46-39-31-23-15-7-2-8-16-24-32-40-46,47-41-33-25-17-9-3-10-18-26-34-42-47)48-43-35-27-19-11-4-12-20-28-36-44-48/h37,39,41,43,49H,1-36,38,40,42,44H2. The first-order valence-corrected chi connectivity index (χ1v) is 25.2. The van der Waals surface area contributed by atoms with Crippen LogP contribution in [0.2, 0.25) is 0 Å². The van der Waals surface area contributed by atoms with Crippen LogP contribution in [0.25, 0.3) is 0 Å². The molecule has 0 atom stereocenters. The predicted molar refractivity (Wildman–Crippen MR) is 225 cm³/mol. The van der Waals surface area contributed by atoms with E-state index in [2.05, 4.69) is 24.3 Å². The van der Waals surface area contributed by atoms with Crippen LogP contribution in [0.1, 0.15) is 257 Å². The Bertz CT molecular complexity index is 804. The van der Waals surface area contributed by atoms with Gasteiger partial charge >= 0.3 is 310 Å². The van der Waals surface area contributed by atoms with Crippen molar-refractivity contribution < 1.29 is 0 Å². The zero-order valence-electron chi connectivity index (χ0n) is 33.1. The molecule has 4 aliphatic carbocycles. The molecule has 0 amide bonds. The third kappa shape index (κ3) is 15.5. The molecule has 0 aromatic carbocycles. The minimum atomic E-state index is -2.24. The second-order valence-electron chi connectivity index (χ2n) is 17.1. The summed E-state index contributed by atoms with van der Waals surface area (Å²) in [5.74, 6) is 0. The van der Waals surface area contributed by atoms with E-state index in [1.165, 1.54) is 257 Å². The van der Waals surface area contributed by atoms with Gasteiger partial charge in [0, 0.05) is 0 Å². The molecule has 49 heavy (non-hydrogen) atoms. The summed E-state index contributed by atoms with van der Waals surface area (Å²) in [6.07, 6.45) is 69.5. The van der Waals surface area contributed by atoms with E-state index in [1.807, 2.05) is 21.3 Å². The number of rotatable bonds is 4. The first kappa shape index (κ1) is 41.2. The normalized spacial score (nSPS) is 25.1. The van der Waals surface area contributed by atoms with E-state index in [0.717, 1.165) is 0 Å². The molecule has 4 aliphatic rings. The Morgan fingerprint density at radius 3 is 0.571 bits per heavy atom. The van der Waals surface area contributed by atoms with Gasteiger partial charge < -0.3 is 0 Å². The van der Waals surface area contributed by atoms with Gasteiger partial charge in [-0.2, -0.15) is 0 Å². The first-order chi connectivity index (χ1) is 24.4. The molecule has 0 fully saturated rings. The van der Waals surface area contributed by atoms with Crippen LogP contribution in [0.3, 0.4) is 0 Å². The van der Waals surface area contributed by atoms with Crippen molar-refractivity contribution in [2.75, 3.05) is 0 Å². The Labute approximate surface area is 308 Å². The van der Waals surface area contributed by atoms with Gasteiger partial charge in [0.05, 0.1) is 0 Å². The molecule has 0 N–H and O–H groups in total. The van der Waals surface area contributed by atoms with Crippen molar-refractivity contribution in [3.05, 3.63) is 45.6 Å². The van der Waals surface area contributed by atoms with Crippen LogP contribution < -0.4 is 0 Å². The average Bonchev–Trinajstić information content (AvgIpc) is 3.08. The quantitative estimate of drug-likeness (QED) is 0.257. The molecule has 4 rings (SSSR count). The summed E-state index contributed by atoms with van der Waals surface area (Å²) in [4.78, 5) is 0. The van der Waals surface area contributed by atoms with E-state index < -0.39 is 7.26 Å². The molecule has 0 saturated carbocycles. The summed E-state index contributed by atoms with van der Waals surface area (Å²) in [5.41, 5.74) is 0. The predicted octanol–water partition coefficient (Wildman–Crippen LogP) is 17.9. The fourth-order valence-electron chi connectivity index (χ4n) is 10.2. The summed E-state index contributed by atoms with van der Waals surface area (Å²) in [6.45, 7) is 0. The van der Waals surface area contributed by atoms with Crippen LogP contribution in [0, 0.1) is 0 Å². The zero-order chi connectivity index (χ0) is 33.9. The van der Waals surface area contributed by atoms with Gasteiger partial charge in [-0.15, -0.1) is 0 Å². The molecule has 0 unspecified atom stereocenters. The molecule has 0 aromatic rings. The van der Waals surface area contributed by atoms with Crippen molar-refractivity contribution >= 4 is 7.26 Å². The molecular formula is C48H85P. The third-order valence-electron chi connectivity index (χ3n) is 13.1. The van der Waals surface area contributed by atoms with E-state index in [1.54, 1.807) is 0 Å². The molecule has 0 radical (unpaired) electrons. The van der Waals surface area contributed by atoms with E-state index in [9.17, 15) is 0 Å². The molecular weight excluding hydrogens is 608 g/mol. The Kier molecular flexibility index (Phi) is 22.7. The molecule has 1 heteroatoms.